The van der Waals surface area contributed by atoms with E-state index >= 15 is 0 Å². The lowest BCUT2D eigenvalue weighted by atomic mass is 10.4. The van der Waals surface area contributed by atoms with Crippen LogP contribution in [0.3, 0.4) is 0 Å². The summed E-state index contributed by atoms with van der Waals surface area (Å²) in [6.45, 7) is -1.06. The molecule has 0 spiro atoms. The van der Waals surface area contributed by atoms with E-state index in [2.05, 4.69) is 9.57 Å². The van der Waals surface area contributed by atoms with Crippen molar-refractivity contribution >= 4 is 18.0 Å². The Hall–Kier alpha value is -1.67. The topological polar surface area (TPSA) is 113 Å². The maximum atomic E-state index is 11.0. The quantitative estimate of drug-likeness (QED) is 0.451. The highest BCUT2D eigenvalue weighted by molar-refractivity contribution is 6.01. The molecule has 2 amide bonds. The SMILES string of the molecule is O=C(OC[C@H](O)CO)ON1C(=O)CCC1=O. The van der Waals surface area contributed by atoms with Gasteiger partial charge in [0, 0.05) is 12.8 Å². The number of ether oxygens (including phenoxy) is 1. The highest BCUT2D eigenvalue weighted by Crippen LogP contribution is 2.12. The van der Waals surface area contributed by atoms with E-state index in [1.165, 1.54) is 0 Å². The Morgan fingerprint density at radius 2 is 1.94 bits per heavy atom. The van der Waals surface area contributed by atoms with Gasteiger partial charge in [-0.3, -0.25) is 14.4 Å². The van der Waals surface area contributed by atoms with E-state index < -0.39 is 37.3 Å². The third kappa shape index (κ3) is 3.17. The molecule has 1 heterocycles. The summed E-state index contributed by atoms with van der Waals surface area (Å²) in [5.74, 6) is -1.24. The molecular formula is C8H11NO7. The predicted octanol–water partition coefficient (Wildman–Crippen LogP) is -1.44. The van der Waals surface area contributed by atoms with Crippen LogP contribution in [0, 0.1) is 0 Å². The van der Waals surface area contributed by atoms with Crippen LogP contribution in [0.25, 0.3) is 0 Å². The molecule has 16 heavy (non-hydrogen) atoms. The highest BCUT2D eigenvalue weighted by Gasteiger charge is 2.33. The summed E-state index contributed by atoms with van der Waals surface area (Å²) in [5.41, 5.74) is 0. The minimum Gasteiger partial charge on any atom is -0.430 e. The molecule has 1 rings (SSSR count). The van der Waals surface area contributed by atoms with Crippen LogP contribution in [-0.2, 0) is 19.2 Å². The van der Waals surface area contributed by atoms with Crippen molar-refractivity contribution in [1.29, 1.82) is 0 Å². The zero-order valence-corrected chi connectivity index (χ0v) is 8.29. The Morgan fingerprint density at radius 1 is 1.38 bits per heavy atom. The molecule has 0 saturated carbocycles. The largest absolute Gasteiger partial charge is 0.534 e. The predicted molar refractivity (Wildman–Crippen MR) is 46.6 cm³/mol. The van der Waals surface area contributed by atoms with Gasteiger partial charge >= 0.3 is 6.16 Å². The number of carbonyl (C=O) groups excluding carboxylic acids is 3. The van der Waals surface area contributed by atoms with E-state index in [1.54, 1.807) is 0 Å². The fraction of sp³-hybridized carbons (Fsp3) is 0.625. The van der Waals surface area contributed by atoms with E-state index in [4.69, 9.17) is 10.2 Å². The van der Waals surface area contributed by atoms with Crippen molar-refractivity contribution in [3.05, 3.63) is 0 Å². The summed E-state index contributed by atoms with van der Waals surface area (Å²) >= 11 is 0. The number of imide groups is 1. The van der Waals surface area contributed by atoms with Crippen molar-refractivity contribution in [2.24, 2.45) is 0 Å². The van der Waals surface area contributed by atoms with Crippen molar-refractivity contribution in [1.82, 2.24) is 5.06 Å². The summed E-state index contributed by atoms with van der Waals surface area (Å²) in [7, 11) is 0. The Morgan fingerprint density at radius 3 is 2.44 bits per heavy atom. The van der Waals surface area contributed by atoms with Crippen LogP contribution >= 0.6 is 0 Å². The van der Waals surface area contributed by atoms with Gasteiger partial charge in [-0.15, -0.1) is 0 Å². The third-order valence-corrected chi connectivity index (χ3v) is 1.78. The molecule has 1 atom stereocenters. The first-order valence-corrected chi connectivity index (χ1v) is 4.54. The molecule has 0 aromatic rings. The van der Waals surface area contributed by atoms with Gasteiger partial charge in [0.15, 0.2) is 0 Å². The van der Waals surface area contributed by atoms with Crippen LogP contribution in [-0.4, -0.2) is 52.6 Å². The van der Waals surface area contributed by atoms with E-state index in [0.29, 0.717) is 5.06 Å². The first-order chi connectivity index (χ1) is 7.54. The van der Waals surface area contributed by atoms with Crippen LogP contribution in [0.2, 0.25) is 0 Å². The Bertz CT molecular complexity index is 287. The van der Waals surface area contributed by atoms with Gasteiger partial charge in [-0.1, -0.05) is 5.06 Å². The Balaban J connectivity index is 2.34. The number of aliphatic hydroxyl groups is 2. The fourth-order valence-corrected chi connectivity index (χ4v) is 0.976. The van der Waals surface area contributed by atoms with Crippen LogP contribution in [0.15, 0.2) is 0 Å². The van der Waals surface area contributed by atoms with Gasteiger partial charge in [0.05, 0.1) is 6.61 Å². The molecule has 0 aliphatic carbocycles. The maximum Gasteiger partial charge on any atom is 0.534 e. The number of amides is 2. The van der Waals surface area contributed by atoms with Crippen LogP contribution in [0.5, 0.6) is 0 Å². The van der Waals surface area contributed by atoms with Gasteiger partial charge in [-0.05, 0) is 0 Å². The molecular weight excluding hydrogens is 222 g/mol. The second-order valence-corrected chi connectivity index (χ2v) is 3.07. The number of hydrogen-bond acceptors (Lipinski definition) is 7. The zero-order chi connectivity index (χ0) is 12.1. The number of hydroxylamine groups is 2. The maximum absolute atomic E-state index is 11.0. The number of rotatable bonds is 4. The Kier molecular flexibility index (Phi) is 4.20. The second-order valence-electron chi connectivity index (χ2n) is 3.07. The molecule has 8 heteroatoms. The second kappa shape index (κ2) is 5.42. The zero-order valence-electron chi connectivity index (χ0n) is 8.29. The normalized spacial score (nSPS) is 17.5. The third-order valence-electron chi connectivity index (χ3n) is 1.78. The summed E-state index contributed by atoms with van der Waals surface area (Å²) in [4.78, 5) is 37.2. The van der Waals surface area contributed by atoms with Gasteiger partial charge in [-0.2, -0.15) is 0 Å². The van der Waals surface area contributed by atoms with E-state index in [-0.39, 0.29) is 12.8 Å². The molecule has 0 unspecified atom stereocenters. The first kappa shape index (κ1) is 12.4. The average molecular weight is 233 g/mol. The molecule has 1 saturated heterocycles. The monoisotopic (exact) mass is 233 g/mol. The van der Waals surface area contributed by atoms with Gasteiger partial charge in [0.2, 0.25) is 0 Å². The summed E-state index contributed by atoms with van der Waals surface area (Å²) in [6.07, 6.45) is -2.52. The molecule has 0 aromatic heterocycles. The van der Waals surface area contributed by atoms with Gasteiger partial charge in [0.25, 0.3) is 11.8 Å². The number of nitrogens with zero attached hydrogens (tertiary/aromatic N) is 1. The van der Waals surface area contributed by atoms with Crippen molar-refractivity contribution < 1.29 is 34.2 Å². The molecule has 1 aliphatic rings. The van der Waals surface area contributed by atoms with Gasteiger partial charge < -0.3 is 14.9 Å². The van der Waals surface area contributed by atoms with Crippen molar-refractivity contribution in [2.45, 2.75) is 18.9 Å². The summed E-state index contributed by atoms with van der Waals surface area (Å²) in [5, 5.41) is 17.6. The smallest absolute Gasteiger partial charge is 0.430 e. The lowest BCUT2D eigenvalue weighted by Gasteiger charge is -2.13. The van der Waals surface area contributed by atoms with E-state index in [9.17, 15) is 14.4 Å². The van der Waals surface area contributed by atoms with E-state index in [1.807, 2.05) is 0 Å². The summed E-state index contributed by atoms with van der Waals surface area (Å²) < 4.78 is 4.34. The first-order valence-electron chi connectivity index (χ1n) is 4.54. The number of hydrogen-bond donors (Lipinski definition) is 2. The van der Waals surface area contributed by atoms with Crippen molar-refractivity contribution in [3.63, 3.8) is 0 Å². The van der Waals surface area contributed by atoms with Crippen LogP contribution in [0.1, 0.15) is 12.8 Å². The van der Waals surface area contributed by atoms with Crippen molar-refractivity contribution in [3.8, 4) is 0 Å². The van der Waals surface area contributed by atoms with E-state index in [0.717, 1.165) is 0 Å². The molecule has 0 radical (unpaired) electrons. The standard InChI is InChI=1S/C8H11NO7/c10-3-5(11)4-15-8(14)16-9-6(12)1-2-7(9)13/h5,10-11H,1-4H2/t5-/m1/s1. The molecule has 0 aromatic carbocycles. The van der Waals surface area contributed by atoms with Crippen molar-refractivity contribution in [2.75, 3.05) is 13.2 Å². The average Bonchev–Trinajstić information content (AvgIpc) is 2.57. The summed E-state index contributed by atoms with van der Waals surface area (Å²) in [6, 6.07) is 0. The molecule has 1 aliphatic heterocycles. The molecule has 2 N–H and O–H groups in total. The molecule has 1 fully saturated rings. The lowest BCUT2D eigenvalue weighted by molar-refractivity contribution is -0.177. The molecule has 8 nitrogen and oxygen atoms in total. The van der Waals surface area contributed by atoms with Crippen LogP contribution < -0.4 is 0 Å². The highest BCUT2D eigenvalue weighted by atomic mass is 16.8. The van der Waals surface area contributed by atoms with Gasteiger partial charge in [0.1, 0.15) is 12.7 Å². The number of aliphatic hydroxyl groups excluding tert-OH is 2. The van der Waals surface area contributed by atoms with Gasteiger partial charge in [-0.25, -0.2) is 4.79 Å². The molecule has 0 bridgehead atoms. The Labute approximate surface area is 90.3 Å². The van der Waals surface area contributed by atoms with Crippen LogP contribution in [0.4, 0.5) is 4.79 Å². The minimum atomic E-state index is -1.28. The minimum absolute atomic E-state index is 0.00855. The number of carbonyl (C=O) groups is 3. The fourth-order valence-electron chi connectivity index (χ4n) is 0.976. The molecule has 90 valence electrons. The lowest BCUT2D eigenvalue weighted by Crippen LogP contribution is -2.33.